The van der Waals surface area contributed by atoms with E-state index in [1.54, 1.807) is 31.9 Å². The summed E-state index contributed by atoms with van der Waals surface area (Å²) in [6.07, 6.45) is 1.59. The van der Waals surface area contributed by atoms with Crippen molar-refractivity contribution in [2.24, 2.45) is 0 Å². The maximum atomic E-state index is 5.50. The zero-order chi connectivity index (χ0) is 19.7. The summed E-state index contributed by atoms with van der Waals surface area (Å²) in [6, 6.07) is 14.2. The van der Waals surface area contributed by atoms with E-state index in [4.69, 9.17) is 9.47 Å². The first-order valence-corrected chi connectivity index (χ1v) is 9.72. The molecule has 0 aliphatic rings. The lowest BCUT2D eigenvalue weighted by atomic mass is 10.0. The van der Waals surface area contributed by atoms with Gasteiger partial charge >= 0.3 is 0 Å². The van der Waals surface area contributed by atoms with Gasteiger partial charge in [-0.2, -0.15) is 0 Å². The molecule has 2 aromatic heterocycles. The standard InChI is InChI=1S/C22H21N3O2S/c1-13-5-7-15(8-6-13)19-14(2)28-22-20(19)21(23-12-24-22)25-17-11-16(26-3)9-10-18(17)27-4/h5-12H,1-4H3,(H,23,24,25). The van der Waals surface area contributed by atoms with E-state index in [0.717, 1.165) is 44.3 Å². The normalized spacial score (nSPS) is 10.9. The Morgan fingerprint density at radius 2 is 1.71 bits per heavy atom. The fraction of sp³-hybridized carbons (Fsp3) is 0.182. The summed E-state index contributed by atoms with van der Waals surface area (Å²) in [4.78, 5) is 11.2. The number of nitrogens with one attached hydrogen (secondary N) is 1. The first-order valence-electron chi connectivity index (χ1n) is 8.91. The number of thiophene rings is 1. The van der Waals surface area contributed by atoms with E-state index in [1.165, 1.54) is 10.4 Å². The Labute approximate surface area is 168 Å². The van der Waals surface area contributed by atoms with Crippen LogP contribution in [0, 0.1) is 13.8 Å². The van der Waals surface area contributed by atoms with Crippen LogP contribution in [0.25, 0.3) is 21.3 Å². The number of aromatic nitrogens is 2. The molecular formula is C22H21N3O2S. The molecule has 142 valence electrons. The van der Waals surface area contributed by atoms with Gasteiger partial charge in [0.15, 0.2) is 0 Å². The Balaban J connectivity index is 1.88. The predicted octanol–water partition coefficient (Wildman–Crippen LogP) is 5.74. The van der Waals surface area contributed by atoms with Crippen molar-refractivity contribution in [1.29, 1.82) is 0 Å². The average Bonchev–Trinajstić information content (AvgIpc) is 3.05. The molecule has 28 heavy (non-hydrogen) atoms. The lowest BCUT2D eigenvalue weighted by molar-refractivity contribution is 0.405. The van der Waals surface area contributed by atoms with E-state index < -0.39 is 0 Å². The molecule has 0 aliphatic carbocycles. The Morgan fingerprint density at radius 1 is 0.929 bits per heavy atom. The summed E-state index contributed by atoms with van der Waals surface area (Å²) in [6.45, 7) is 4.21. The summed E-state index contributed by atoms with van der Waals surface area (Å²) in [5, 5.41) is 4.44. The van der Waals surface area contributed by atoms with Crippen molar-refractivity contribution in [3.63, 3.8) is 0 Å². The Morgan fingerprint density at radius 3 is 2.43 bits per heavy atom. The van der Waals surface area contributed by atoms with Crippen LogP contribution in [-0.2, 0) is 0 Å². The van der Waals surface area contributed by atoms with Gasteiger partial charge in [-0.05, 0) is 31.5 Å². The number of benzene rings is 2. The highest BCUT2D eigenvalue weighted by molar-refractivity contribution is 7.19. The molecule has 5 nitrogen and oxygen atoms in total. The van der Waals surface area contributed by atoms with Gasteiger partial charge in [-0.15, -0.1) is 11.3 Å². The van der Waals surface area contributed by atoms with E-state index in [9.17, 15) is 0 Å². The first-order chi connectivity index (χ1) is 13.6. The third-order valence-corrected chi connectivity index (χ3v) is 5.68. The molecule has 0 bridgehead atoms. The molecule has 2 aromatic carbocycles. The number of ether oxygens (including phenoxy) is 2. The molecule has 0 aliphatic heterocycles. The Hall–Kier alpha value is -3.12. The minimum absolute atomic E-state index is 0.719. The van der Waals surface area contributed by atoms with Crippen molar-refractivity contribution in [1.82, 2.24) is 9.97 Å². The average molecular weight is 391 g/mol. The van der Waals surface area contributed by atoms with Crippen LogP contribution in [0.4, 0.5) is 11.5 Å². The molecular weight excluding hydrogens is 370 g/mol. The Kier molecular flexibility index (Phi) is 4.88. The zero-order valence-electron chi connectivity index (χ0n) is 16.2. The van der Waals surface area contributed by atoms with Gasteiger partial charge in [0.2, 0.25) is 0 Å². The van der Waals surface area contributed by atoms with Crippen LogP contribution in [0.1, 0.15) is 10.4 Å². The third-order valence-electron chi connectivity index (χ3n) is 4.66. The number of rotatable bonds is 5. The van der Waals surface area contributed by atoms with Gasteiger partial charge in [-0.3, -0.25) is 0 Å². The van der Waals surface area contributed by atoms with Crippen LogP contribution in [-0.4, -0.2) is 24.2 Å². The van der Waals surface area contributed by atoms with Crippen molar-refractivity contribution < 1.29 is 9.47 Å². The predicted molar refractivity (Wildman–Crippen MR) is 115 cm³/mol. The topological polar surface area (TPSA) is 56.3 Å². The number of hydrogen-bond donors (Lipinski definition) is 1. The lowest BCUT2D eigenvalue weighted by Crippen LogP contribution is -1.99. The molecule has 4 aromatic rings. The Bertz CT molecular complexity index is 1140. The van der Waals surface area contributed by atoms with Gasteiger partial charge < -0.3 is 14.8 Å². The van der Waals surface area contributed by atoms with Gasteiger partial charge in [0.05, 0.1) is 25.3 Å². The second kappa shape index (κ2) is 7.48. The molecule has 0 saturated carbocycles. The van der Waals surface area contributed by atoms with E-state index in [2.05, 4.69) is 53.4 Å². The van der Waals surface area contributed by atoms with Crippen LogP contribution in [0.2, 0.25) is 0 Å². The van der Waals surface area contributed by atoms with E-state index in [-0.39, 0.29) is 0 Å². The lowest BCUT2D eigenvalue weighted by Gasteiger charge is -2.13. The molecule has 0 spiro atoms. The van der Waals surface area contributed by atoms with Crippen LogP contribution in [0.5, 0.6) is 11.5 Å². The van der Waals surface area contributed by atoms with Crippen molar-refractivity contribution in [3.8, 4) is 22.6 Å². The molecule has 6 heteroatoms. The number of fused-ring (bicyclic) bond motifs is 1. The molecule has 0 saturated heterocycles. The molecule has 1 N–H and O–H groups in total. The van der Waals surface area contributed by atoms with Crippen molar-refractivity contribution in [3.05, 3.63) is 59.2 Å². The fourth-order valence-corrected chi connectivity index (χ4v) is 4.26. The second-order valence-corrected chi connectivity index (χ2v) is 7.70. The number of nitrogens with zero attached hydrogens (tertiary/aromatic N) is 2. The third kappa shape index (κ3) is 3.27. The number of methoxy groups -OCH3 is 2. The number of aryl methyl sites for hydroxylation is 2. The number of hydrogen-bond acceptors (Lipinski definition) is 6. The first kappa shape index (κ1) is 18.3. The highest BCUT2D eigenvalue weighted by Crippen LogP contribution is 2.42. The van der Waals surface area contributed by atoms with Gasteiger partial charge in [0.25, 0.3) is 0 Å². The minimum Gasteiger partial charge on any atom is -0.497 e. The molecule has 4 rings (SSSR count). The second-order valence-electron chi connectivity index (χ2n) is 6.49. The summed E-state index contributed by atoms with van der Waals surface area (Å²) in [5.41, 5.74) is 4.34. The molecule has 0 amide bonds. The van der Waals surface area contributed by atoms with Crippen LogP contribution < -0.4 is 14.8 Å². The quantitative estimate of drug-likeness (QED) is 0.470. The summed E-state index contributed by atoms with van der Waals surface area (Å²) >= 11 is 1.67. The minimum atomic E-state index is 0.719. The maximum Gasteiger partial charge on any atom is 0.143 e. The van der Waals surface area contributed by atoms with Crippen molar-refractivity contribution in [2.75, 3.05) is 19.5 Å². The highest BCUT2D eigenvalue weighted by Gasteiger charge is 2.18. The van der Waals surface area contributed by atoms with E-state index in [0.29, 0.717) is 0 Å². The van der Waals surface area contributed by atoms with Crippen molar-refractivity contribution in [2.45, 2.75) is 13.8 Å². The van der Waals surface area contributed by atoms with Crippen LogP contribution in [0.3, 0.4) is 0 Å². The van der Waals surface area contributed by atoms with Crippen LogP contribution in [0.15, 0.2) is 48.8 Å². The van der Waals surface area contributed by atoms with Gasteiger partial charge in [-0.1, -0.05) is 29.8 Å². The summed E-state index contributed by atoms with van der Waals surface area (Å²) in [5.74, 6) is 2.21. The molecule has 0 radical (unpaired) electrons. The van der Waals surface area contributed by atoms with E-state index >= 15 is 0 Å². The largest absolute Gasteiger partial charge is 0.497 e. The van der Waals surface area contributed by atoms with Crippen molar-refractivity contribution >= 4 is 33.1 Å². The summed E-state index contributed by atoms with van der Waals surface area (Å²) in [7, 11) is 3.29. The zero-order valence-corrected chi connectivity index (χ0v) is 17.1. The van der Waals surface area contributed by atoms with Crippen LogP contribution >= 0.6 is 11.3 Å². The van der Waals surface area contributed by atoms with E-state index in [1.807, 2.05) is 18.2 Å². The highest BCUT2D eigenvalue weighted by atomic mass is 32.1. The maximum absolute atomic E-state index is 5.50. The monoisotopic (exact) mass is 391 g/mol. The fourth-order valence-electron chi connectivity index (χ4n) is 3.25. The molecule has 0 atom stereocenters. The van der Waals surface area contributed by atoms with Gasteiger partial charge in [-0.25, -0.2) is 9.97 Å². The molecule has 0 fully saturated rings. The summed E-state index contributed by atoms with van der Waals surface area (Å²) < 4.78 is 10.9. The molecule has 2 heterocycles. The van der Waals surface area contributed by atoms with Gasteiger partial charge in [0.1, 0.15) is 28.5 Å². The smallest absolute Gasteiger partial charge is 0.143 e. The van der Waals surface area contributed by atoms with Gasteiger partial charge in [0, 0.05) is 16.5 Å². The molecule has 0 unspecified atom stereocenters. The SMILES string of the molecule is COc1ccc(OC)c(Nc2ncnc3sc(C)c(-c4ccc(C)cc4)c23)c1. The number of anilines is 2.